The molecule has 10 nitrogen and oxygen atoms in total. The summed E-state index contributed by atoms with van der Waals surface area (Å²) in [5.74, 6) is 0.00602. The maximum absolute atomic E-state index is 12.4. The van der Waals surface area contributed by atoms with Crippen LogP contribution in [0.3, 0.4) is 0 Å². The summed E-state index contributed by atoms with van der Waals surface area (Å²) in [4.78, 5) is 45.3. The number of aliphatic hydroxyl groups is 1. The lowest BCUT2D eigenvalue weighted by Crippen LogP contribution is -2.54. The Morgan fingerprint density at radius 2 is 2.14 bits per heavy atom. The molecule has 2 fully saturated rings. The minimum absolute atomic E-state index is 0.127. The molecule has 0 aliphatic carbocycles. The Morgan fingerprint density at radius 3 is 2.79 bits per heavy atom. The van der Waals surface area contributed by atoms with Crippen molar-refractivity contribution in [1.29, 1.82) is 0 Å². The maximum atomic E-state index is 12.4. The highest BCUT2D eigenvalue weighted by molar-refractivity contribution is 6.05. The molecule has 0 bridgehead atoms. The van der Waals surface area contributed by atoms with Crippen LogP contribution >= 0.6 is 0 Å². The van der Waals surface area contributed by atoms with Gasteiger partial charge in [-0.05, 0) is 19.1 Å². The number of pyridine rings is 1. The van der Waals surface area contributed by atoms with Gasteiger partial charge >= 0.3 is 6.03 Å². The van der Waals surface area contributed by atoms with Gasteiger partial charge in [0, 0.05) is 45.2 Å². The molecule has 1 aromatic rings. The average molecular weight is 390 g/mol. The molecule has 152 valence electrons. The van der Waals surface area contributed by atoms with Crippen molar-refractivity contribution in [2.45, 2.75) is 19.4 Å². The molecule has 1 aromatic heterocycles. The van der Waals surface area contributed by atoms with E-state index in [0.717, 1.165) is 19.6 Å². The molecule has 2 aliphatic rings. The van der Waals surface area contributed by atoms with Crippen LogP contribution in [0.1, 0.15) is 13.3 Å². The summed E-state index contributed by atoms with van der Waals surface area (Å²) < 4.78 is 0. The average Bonchev–Trinajstić information content (AvgIpc) is 2.65. The molecular formula is C18H26N6O4. The number of amides is 4. The van der Waals surface area contributed by atoms with Gasteiger partial charge in [0.2, 0.25) is 11.8 Å². The summed E-state index contributed by atoms with van der Waals surface area (Å²) in [5, 5.41) is 14.1. The van der Waals surface area contributed by atoms with Crippen molar-refractivity contribution < 1.29 is 19.5 Å². The SMILES string of the molecule is C[C@@H]1CN(CCO)CCN1CC(=O)Nc1ccc(N2CCC(=O)NC2=O)nc1. The molecular weight excluding hydrogens is 364 g/mol. The zero-order chi connectivity index (χ0) is 20.1. The van der Waals surface area contributed by atoms with E-state index in [4.69, 9.17) is 5.11 Å². The Hall–Kier alpha value is -2.56. The van der Waals surface area contributed by atoms with Crippen LogP contribution in [0.25, 0.3) is 0 Å². The highest BCUT2D eigenvalue weighted by Gasteiger charge is 2.26. The van der Waals surface area contributed by atoms with Gasteiger partial charge in [-0.25, -0.2) is 9.78 Å². The summed E-state index contributed by atoms with van der Waals surface area (Å²) in [7, 11) is 0. The fraction of sp³-hybridized carbons (Fsp3) is 0.556. The number of hydrogen-bond donors (Lipinski definition) is 3. The predicted octanol–water partition coefficient (Wildman–Crippen LogP) is -0.535. The molecule has 2 saturated heterocycles. The fourth-order valence-corrected chi connectivity index (χ4v) is 3.44. The van der Waals surface area contributed by atoms with Gasteiger partial charge < -0.3 is 10.4 Å². The second kappa shape index (κ2) is 9.09. The molecule has 3 heterocycles. The Balaban J connectivity index is 1.51. The van der Waals surface area contributed by atoms with Crippen LogP contribution in [-0.2, 0) is 9.59 Å². The Morgan fingerprint density at radius 1 is 1.32 bits per heavy atom. The van der Waals surface area contributed by atoms with E-state index in [1.54, 1.807) is 12.1 Å². The number of aromatic nitrogens is 1. The number of hydrogen-bond acceptors (Lipinski definition) is 7. The van der Waals surface area contributed by atoms with Crippen LogP contribution in [0.5, 0.6) is 0 Å². The molecule has 0 spiro atoms. The van der Waals surface area contributed by atoms with E-state index in [9.17, 15) is 14.4 Å². The monoisotopic (exact) mass is 390 g/mol. The van der Waals surface area contributed by atoms with Crippen molar-refractivity contribution in [2.75, 3.05) is 56.1 Å². The first-order valence-electron chi connectivity index (χ1n) is 9.41. The number of aliphatic hydroxyl groups excluding tert-OH is 1. The van der Waals surface area contributed by atoms with Gasteiger partial charge in [0.15, 0.2) is 0 Å². The molecule has 0 unspecified atom stereocenters. The summed E-state index contributed by atoms with van der Waals surface area (Å²) >= 11 is 0. The highest BCUT2D eigenvalue weighted by atomic mass is 16.3. The molecule has 0 radical (unpaired) electrons. The number of imide groups is 1. The smallest absolute Gasteiger partial charge is 0.329 e. The van der Waals surface area contributed by atoms with Crippen LogP contribution in [0.4, 0.5) is 16.3 Å². The number of rotatable bonds is 6. The van der Waals surface area contributed by atoms with Crippen molar-refractivity contribution >= 4 is 29.4 Å². The number of nitrogens with zero attached hydrogens (tertiary/aromatic N) is 4. The zero-order valence-electron chi connectivity index (χ0n) is 15.9. The van der Waals surface area contributed by atoms with Crippen molar-refractivity contribution in [3.63, 3.8) is 0 Å². The van der Waals surface area contributed by atoms with Crippen LogP contribution in [0.15, 0.2) is 18.3 Å². The van der Waals surface area contributed by atoms with Gasteiger partial charge in [-0.2, -0.15) is 0 Å². The lowest BCUT2D eigenvalue weighted by atomic mass is 10.2. The predicted molar refractivity (Wildman–Crippen MR) is 103 cm³/mol. The fourth-order valence-electron chi connectivity index (χ4n) is 3.44. The van der Waals surface area contributed by atoms with Crippen molar-refractivity contribution in [3.05, 3.63) is 18.3 Å². The Bertz CT molecular complexity index is 725. The zero-order valence-corrected chi connectivity index (χ0v) is 15.9. The number of carbonyl (C=O) groups excluding carboxylic acids is 3. The van der Waals surface area contributed by atoms with Gasteiger partial charge in [-0.15, -0.1) is 0 Å². The summed E-state index contributed by atoms with van der Waals surface area (Å²) in [5.41, 5.74) is 0.550. The molecule has 2 aliphatic heterocycles. The van der Waals surface area contributed by atoms with Gasteiger partial charge in [0.25, 0.3) is 0 Å². The summed E-state index contributed by atoms with van der Waals surface area (Å²) in [6.07, 6.45) is 1.73. The second-order valence-electron chi connectivity index (χ2n) is 7.05. The van der Waals surface area contributed by atoms with E-state index in [2.05, 4.69) is 32.3 Å². The first-order valence-corrected chi connectivity index (χ1v) is 9.41. The van der Waals surface area contributed by atoms with Crippen LogP contribution in [0.2, 0.25) is 0 Å². The lowest BCUT2D eigenvalue weighted by molar-refractivity contribution is -0.120. The topological polar surface area (TPSA) is 118 Å². The van der Waals surface area contributed by atoms with Gasteiger partial charge in [-0.1, -0.05) is 0 Å². The van der Waals surface area contributed by atoms with E-state index in [-0.39, 0.29) is 44.0 Å². The van der Waals surface area contributed by atoms with Crippen LogP contribution in [0, 0.1) is 0 Å². The largest absolute Gasteiger partial charge is 0.395 e. The standard InChI is InChI=1S/C18H26N6O4/c1-13-11-22(8-9-25)6-7-23(13)12-17(27)20-14-2-3-15(19-10-14)24-5-4-16(26)21-18(24)28/h2-3,10,13,25H,4-9,11-12H2,1H3,(H,20,27)(H,21,26,28)/t13-/m1/s1. The van der Waals surface area contributed by atoms with Crippen molar-refractivity contribution in [2.24, 2.45) is 0 Å². The van der Waals surface area contributed by atoms with Gasteiger partial charge in [-0.3, -0.25) is 29.6 Å². The number of β-amino-alcohol motifs (C(OH)–C–C–N with tert-alkyl or cyclic N) is 1. The van der Waals surface area contributed by atoms with Crippen molar-refractivity contribution in [3.8, 4) is 0 Å². The third-order valence-electron chi connectivity index (χ3n) is 4.97. The molecule has 10 heteroatoms. The third kappa shape index (κ3) is 5.03. The van der Waals surface area contributed by atoms with E-state index in [1.165, 1.54) is 11.1 Å². The number of carbonyl (C=O) groups is 3. The summed E-state index contributed by atoms with van der Waals surface area (Å²) in [6.45, 7) is 5.86. The lowest BCUT2D eigenvalue weighted by Gasteiger charge is -2.39. The number of anilines is 2. The number of urea groups is 1. The maximum Gasteiger partial charge on any atom is 0.329 e. The molecule has 28 heavy (non-hydrogen) atoms. The molecule has 3 N–H and O–H groups in total. The molecule has 1 atom stereocenters. The van der Waals surface area contributed by atoms with E-state index >= 15 is 0 Å². The molecule has 0 aromatic carbocycles. The highest BCUT2D eigenvalue weighted by Crippen LogP contribution is 2.17. The van der Waals surface area contributed by atoms with E-state index in [1.807, 2.05) is 0 Å². The second-order valence-corrected chi connectivity index (χ2v) is 7.05. The Kier molecular flexibility index (Phi) is 6.55. The Labute approximate surface area is 163 Å². The normalized spacial score (nSPS) is 21.5. The quantitative estimate of drug-likeness (QED) is 0.597. The minimum Gasteiger partial charge on any atom is -0.395 e. The molecule has 3 rings (SSSR count). The van der Waals surface area contributed by atoms with Crippen LogP contribution < -0.4 is 15.5 Å². The summed E-state index contributed by atoms with van der Waals surface area (Å²) in [6, 6.07) is 3.06. The molecule has 0 saturated carbocycles. The number of nitrogens with one attached hydrogen (secondary N) is 2. The first-order chi connectivity index (χ1) is 13.5. The first kappa shape index (κ1) is 20.2. The van der Waals surface area contributed by atoms with Gasteiger partial charge in [0.05, 0.1) is 25.0 Å². The van der Waals surface area contributed by atoms with Crippen molar-refractivity contribution in [1.82, 2.24) is 20.1 Å². The van der Waals surface area contributed by atoms with E-state index in [0.29, 0.717) is 18.1 Å². The third-order valence-corrected chi connectivity index (χ3v) is 4.97. The van der Waals surface area contributed by atoms with E-state index < -0.39 is 6.03 Å². The van der Waals surface area contributed by atoms with Gasteiger partial charge in [0.1, 0.15) is 5.82 Å². The minimum atomic E-state index is -0.491. The molecule has 4 amide bonds. The number of piperazine rings is 1. The van der Waals surface area contributed by atoms with Crippen LogP contribution in [-0.4, -0.2) is 89.7 Å².